The van der Waals surface area contributed by atoms with E-state index < -0.39 is 5.97 Å². The van der Waals surface area contributed by atoms with Crippen LogP contribution in [-0.4, -0.2) is 27.4 Å². The monoisotopic (exact) mass is 273 g/mol. The topological polar surface area (TPSA) is 60.8 Å². The summed E-state index contributed by atoms with van der Waals surface area (Å²) in [6, 6.07) is 10.6. The fraction of sp³-hybridized carbons (Fsp3) is 0.312. The van der Waals surface area contributed by atoms with Gasteiger partial charge in [0.25, 0.3) is 0 Å². The van der Waals surface area contributed by atoms with E-state index in [1.54, 1.807) is 12.1 Å². The number of carboxylic acids is 1. The summed E-state index contributed by atoms with van der Waals surface area (Å²) in [5, 5.41) is 22.4. The van der Waals surface area contributed by atoms with Crippen LogP contribution < -0.4 is 0 Å². The van der Waals surface area contributed by atoms with Crippen molar-refractivity contribution in [3.63, 3.8) is 0 Å². The molecule has 0 aromatic heterocycles. The first-order chi connectivity index (χ1) is 9.41. The lowest BCUT2D eigenvalue weighted by Crippen LogP contribution is -2.30. The van der Waals surface area contributed by atoms with Crippen molar-refractivity contribution in [3.8, 4) is 0 Å². The smallest absolute Gasteiger partial charge is 0.335 e. The minimum absolute atomic E-state index is 0.0442. The van der Waals surface area contributed by atoms with Crippen LogP contribution in [0.2, 0.25) is 0 Å². The molecule has 20 heavy (non-hydrogen) atoms. The zero-order valence-corrected chi connectivity index (χ0v) is 11.9. The van der Waals surface area contributed by atoms with Gasteiger partial charge in [0.05, 0.1) is 11.6 Å². The summed E-state index contributed by atoms with van der Waals surface area (Å²) in [6.07, 6.45) is 0. The molecule has 0 saturated heterocycles. The molecule has 0 aliphatic rings. The second-order valence-corrected chi connectivity index (χ2v) is 5.24. The van der Waals surface area contributed by atoms with Gasteiger partial charge >= 0.3 is 5.97 Å². The van der Waals surface area contributed by atoms with Crippen LogP contribution in [0.3, 0.4) is 0 Å². The zero-order chi connectivity index (χ0) is 14.9. The Bertz CT molecular complexity index is 637. The van der Waals surface area contributed by atoms with Gasteiger partial charge in [0.2, 0.25) is 0 Å². The summed E-state index contributed by atoms with van der Waals surface area (Å²) >= 11 is 0. The highest BCUT2D eigenvalue weighted by molar-refractivity contribution is 5.96. The van der Waals surface area contributed by atoms with Crippen LogP contribution in [0.4, 0.5) is 0 Å². The molecular weight excluding hydrogens is 254 g/mol. The molecule has 106 valence electrons. The standard InChI is InChI=1S/C16H19NO3/c1-10(2)17(20)11(3)15-9-13(16(18)19)8-12-6-4-5-7-14(12)15/h4-11,20H,1-3H3,(H,18,19). The quantitative estimate of drug-likeness (QED) is 0.834. The van der Waals surface area contributed by atoms with Crippen LogP contribution in [0.25, 0.3) is 10.8 Å². The van der Waals surface area contributed by atoms with Crippen LogP contribution >= 0.6 is 0 Å². The van der Waals surface area contributed by atoms with Crippen molar-refractivity contribution >= 4 is 16.7 Å². The fourth-order valence-electron chi connectivity index (χ4n) is 2.40. The second-order valence-electron chi connectivity index (χ2n) is 5.24. The molecule has 0 heterocycles. The van der Waals surface area contributed by atoms with E-state index in [1.165, 1.54) is 5.06 Å². The largest absolute Gasteiger partial charge is 0.478 e. The number of rotatable bonds is 4. The van der Waals surface area contributed by atoms with Gasteiger partial charge in [0.1, 0.15) is 0 Å². The van der Waals surface area contributed by atoms with Crippen molar-refractivity contribution in [1.29, 1.82) is 0 Å². The van der Waals surface area contributed by atoms with E-state index in [-0.39, 0.29) is 17.6 Å². The number of carboxylic acid groups (broad SMARTS) is 1. The first-order valence-corrected chi connectivity index (χ1v) is 6.65. The normalized spacial score (nSPS) is 13.1. The van der Waals surface area contributed by atoms with E-state index in [0.717, 1.165) is 16.3 Å². The lowest BCUT2D eigenvalue weighted by Gasteiger charge is -2.27. The number of benzene rings is 2. The van der Waals surface area contributed by atoms with Gasteiger partial charge in [-0.25, -0.2) is 4.79 Å². The molecule has 2 N–H and O–H groups in total. The Morgan fingerprint density at radius 1 is 1.15 bits per heavy atom. The molecule has 2 aromatic carbocycles. The molecule has 0 bridgehead atoms. The third kappa shape index (κ3) is 2.66. The van der Waals surface area contributed by atoms with E-state index in [2.05, 4.69) is 0 Å². The number of aromatic carboxylic acids is 1. The van der Waals surface area contributed by atoms with Crippen LogP contribution in [0, 0.1) is 0 Å². The second kappa shape index (κ2) is 5.61. The van der Waals surface area contributed by atoms with Crippen LogP contribution in [0.5, 0.6) is 0 Å². The van der Waals surface area contributed by atoms with E-state index in [0.29, 0.717) is 0 Å². The fourth-order valence-corrected chi connectivity index (χ4v) is 2.40. The highest BCUT2D eigenvalue weighted by Gasteiger charge is 2.20. The van der Waals surface area contributed by atoms with Crippen molar-refractivity contribution in [3.05, 3.63) is 47.5 Å². The Morgan fingerprint density at radius 3 is 2.40 bits per heavy atom. The van der Waals surface area contributed by atoms with Crippen LogP contribution in [0.15, 0.2) is 36.4 Å². The number of hydrogen-bond donors (Lipinski definition) is 2. The van der Waals surface area contributed by atoms with Gasteiger partial charge in [-0.3, -0.25) is 0 Å². The molecule has 1 atom stereocenters. The Labute approximate surface area is 118 Å². The molecule has 1 unspecified atom stereocenters. The first-order valence-electron chi connectivity index (χ1n) is 6.65. The predicted molar refractivity (Wildman–Crippen MR) is 78.1 cm³/mol. The molecule has 2 rings (SSSR count). The zero-order valence-electron chi connectivity index (χ0n) is 11.9. The maximum atomic E-state index is 11.2. The van der Waals surface area contributed by atoms with Crippen LogP contribution in [0.1, 0.15) is 42.7 Å². The average Bonchev–Trinajstić information content (AvgIpc) is 2.44. The van der Waals surface area contributed by atoms with Gasteiger partial charge in [-0.1, -0.05) is 24.3 Å². The number of nitrogens with zero attached hydrogens (tertiary/aromatic N) is 1. The van der Waals surface area contributed by atoms with Gasteiger partial charge in [-0.2, -0.15) is 5.06 Å². The van der Waals surface area contributed by atoms with Gasteiger partial charge in [-0.15, -0.1) is 0 Å². The van der Waals surface area contributed by atoms with E-state index in [9.17, 15) is 15.1 Å². The minimum atomic E-state index is -0.960. The molecular formula is C16H19NO3. The predicted octanol–water partition coefficient (Wildman–Crippen LogP) is 3.70. The first kappa shape index (κ1) is 14.5. The molecule has 0 spiro atoms. The number of carbonyl (C=O) groups is 1. The molecule has 0 aliphatic heterocycles. The minimum Gasteiger partial charge on any atom is -0.478 e. The Hall–Kier alpha value is -1.91. The Balaban J connectivity index is 2.63. The summed E-state index contributed by atoms with van der Waals surface area (Å²) in [7, 11) is 0. The lowest BCUT2D eigenvalue weighted by molar-refractivity contribution is -0.147. The summed E-state index contributed by atoms with van der Waals surface area (Å²) in [4.78, 5) is 11.2. The van der Waals surface area contributed by atoms with E-state index in [4.69, 9.17) is 0 Å². The SMILES string of the molecule is CC(C)N(O)C(C)c1cc(C(=O)O)cc2ccccc12. The van der Waals surface area contributed by atoms with Gasteiger partial charge in [0, 0.05) is 6.04 Å². The molecule has 4 heteroatoms. The molecule has 0 aliphatic carbocycles. The van der Waals surface area contributed by atoms with Crippen molar-refractivity contribution in [1.82, 2.24) is 5.06 Å². The molecule has 0 radical (unpaired) electrons. The van der Waals surface area contributed by atoms with Gasteiger partial charge < -0.3 is 10.3 Å². The molecule has 4 nitrogen and oxygen atoms in total. The summed E-state index contributed by atoms with van der Waals surface area (Å²) in [5.41, 5.74) is 1.06. The molecule has 0 amide bonds. The average molecular weight is 273 g/mol. The van der Waals surface area contributed by atoms with Crippen molar-refractivity contribution in [2.45, 2.75) is 32.9 Å². The number of hydroxylamine groups is 2. The molecule has 0 saturated carbocycles. The highest BCUT2D eigenvalue weighted by atomic mass is 16.5. The number of hydrogen-bond acceptors (Lipinski definition) is 3. The maximum absolute atomic E-state index is 11.2. The lowest BCUT2D eigenvalue weighted by atomic mass is 9.96. The van der Waals surface area contributed by atoms with Gasteiger partial charge in [0.15, 0.2) is 0 Å². The molecule has 0 fully saturated rings. The summed E-state index contributed by atoms with van der Waals surface area (Å²) in [6.45, 7) is 5.65. The summed E-state index contributed by atoms with van der Waals surface area (Å²) < 4.78 is 0. The van der Waals surface area contributed by atoms with E-state index in [1.807, 2.05) is 45.0 Å². The Morgan fingerprint density at radius 2 is 1.80 bits per heavy atom. The maximum Gasteiger partial charge on any atom is 0.335 e. The third-order valence-corrected chi connectivity index (χ3v) is 3.52. The van der Waals surface area contributed by atoms with Crippen LogP contribution in [-0.2, 0) is 0 Å². The highest BCUT2D eigenvalue weighted by Crippen LogP contribution is 2.29. The van der Waals surface area contributed by atoms with Crippen molar-refractivity contribution in [2.24, 2.45) is 0 Å². The number of fused-ring (bicyclic) bond motifs is 1. The molecule has 2 aromatic rings. The Kier molecular flexibility index (Phi) is 4.06. The van der Waals surface area contributed by atoms with Crippen molar-refractivity contribution < 1.29 is 15.1 Å². The van der Waals surface area contributed by atoms with Crippen molar-refractivity contribution in [2.75, 3.05) is 0 Å². The summed E-state index contributed by atoms with van der Waals surface area (Å²) in [5.74, 6) is -0.960. The van der Waals surface area contributed by atoms with E-state index >= 15 is 0 Å². The van der Waals surface area contributed by atoms with Gasteiger partial charge in [-0.05, 0) is 49.2 Å². The third-order valence-electron chi connectivity index (χ3n) is 3.52.